The molecule has 1 aliphatic heterocycles. The van der Waals surface area contributed by atoms with Crippen LogP contribution < -0.4 is 22.0 Å². The van der Waals surface area contributed by atoms with E-state index in [2.05, 4.69) is 43.4 Å². The minimum atomic E-state index is -0.167. The molecule has 5 rings (SSSR count). The van der Waals surface area contributed by atoms with E-state index in [4.69, 9.17) is 15.0 Å². The predicted octanol–water partition coefficient (Wildman–Crippen LogP) is 3.45. The third-order valence-electron chi connectivity index (χ3n) is 7.20. The number of hydrazine groups is 1. The molecule has 5 N–H and O–H groups in total. The molecule has 12 nitrogen and oxygen atoms in total. The summed E-state index contributed by atoms with van der Waals surface area (Å²) in [6.07, 6.45) is 3.17. The van der Waals surface area contributed by atoms with Crippen molar-refractivity contribution in [2.75, 3.05) is 32.1 Å². The van der Waals surface area contributed by atoms with Gasteiger partial charge < -0.3 is 30.6 Å². The van der Waals surface area contributed by atoms with Gasteiger partial charge in [0.25, 0.3) is 5.91 Å². The van der Waals surface area contributed by atoms with E-state index in [0.29, 0.717) is 52.9 Å². The first-order valence-corrected chi connectivity index (χ1v) is 13.7. The number of piperidine rings is 1. The van der Waals surface area contributed by atoms with E-state index >= 15 is 0 Å². The number of hydrazone groups is 1. The molecule has 1 aliphatic rings. The SMILES string of the molecule is COCC(=NN)NNC(c1ccccc1)C1CCN(C(=O)c2cc(-c3nc4cc(NC(C)=O)ccc4o3)ccn2)CC1. The second-order valence-corrected chi connectivity index (χ2v) is 10.1. The van der Waals surface area contributed by atoms with Crippen LogP contribution in [0, 0.1) is 5.92 Å². The van der Waals surface area contributed by atoms with Crippen molar-refractivity contribution in [3.05, 3.63) is 78.1 Å². The summed E-state index contributed by atoms with van der Waals surface area (Å²) in [5.41, 5.74) is 10.4. The molecule has 2 amide bonds. The van der Waals surface area contributed by atoms with Crippen molar-refractivity contribution in [3.8, 4) is 11.5 Å². The normalized spacial score (nSPS) is 15.0. The summed E-state index contributed by atoms with van der Waals surface area (Å²) in [7, 11) is 1.58. The molecule has 0 spiro atoms. The first kappa shape index (κ1) is 28.7. The highest BCUT2D eigenvalue weighted by Gasteiger charge is 2.30. The van der Waals surface area contributed by atoms with Gasteiger partial charge in [-0.3, -0.25) is 14.6 Å². The van der Waals surface area contributed by atoms with Crippen LogP contribution in [0.3, 0.4) is 0 Å². The number of amidine groups is 1. The van der Waals surface area contributed by atoms with Crippen LogP contribution >= 0.6 is 0 Å². The van der Waals surface area contributed by atoms with Crippen LogP contribution in [0.5, 0.6) is 0 Å². The van der Waals surface area contributed by atoms with Crippen LogP contribution in [0.2, 0.25) is 0 Å². The number of pyridine rings is 1. The Kier molecular flexibility index (Phi) is 9.05. The highest BCUT2D eigenvalue weighted by Crippen LogP contribution is 2.31. The Hall–Kier alpha value is -4.81. The number of nitrogens with zero attached hydrogens (tertiary/aromatic N) is 4. The number of hydrogen-bond donors (Lipinski definition) is 4. The average Bonchev–Trinajstić information content (AvgIpc) is 3.44. The number of benzene rings is 2. The van der Waals surface area contributed by atoms with Crippen LogP contribution in [-0.2, 0) is 9.53 Å². The number of carbonyl (C=O) groups excluding carboxylic acids is 2. The zero-order valence-corrected chi connectivity index (χ0v) is 23.5. The average molecular weight is 571 g/mol. The van der Waals surface area contributed by atoms with Crippen LogP contribution in [0.15, 0.2) is 76.4 Å². The Morgan fingerprint density at radius 1 is 1.14 bits per heavy atom. The summed E-state index contributed by atoms with van der Waals surface area (Å²) < 4.78 is 11.1. The summed E-state index contributed by atoms with van der Waals surface area (Å²) in [5, 5.41) is 6.49. The van der Waals surface area contributed by atoms with Crippen molar-refractivity contribution in [1.29, 1.82) is 0 Å². The van der Waals surface area contributed by atoms with E-state index in [1.807, 2.05) is 23.1 Å². The zero-order valence-electron chi connectivity index (χ0n) is 23.5. The maximum atomic E-state index is 13.5. The number of rotatable bonds is 9. The van der Waals surface area contributed by atoms with Gasteiger partial charge in [0, 0.05) is 44.6 Å². The number of fused-ring (bicyclic) bond motifs is 1. The lowest BCUT2D eigenvalue weighted by Gasteiger charge is -2.36. The summed E-state index contributed by atoms with van der Waals surface area (Å²) in [6.45, 7) is 2.88. The van der Waals surface area contributed by atoms with Crippen LogP contribution in [-0.4, -0.2) is 59.3 Å². The third kappa shape index (κ3) is 6.73. The third-order valence-corrected chi connectivity index (χ3v) is 7.20. The Bertz CT molecular complexity index is 1560. The van der Waals surface area contributed by atoms with E-state index in [1.54, 1.807) is 43.6 Å². The minimum absolute atomic E-state index is 0.0242. The van der Waals surface area contributed by atoms with Crippen LogP contribution in [0.25, 0.3) is 22.6 Å². The predicted molar refractivity (Wildman–Crippen MR) is 159 cm³/mol. The van der Waals surface area contributed by atoms with Gasteiger partial charge >= 0.3 is 0 Å². The topological polar surface area (TPSA) is 160 Å². The molecule has 12 heteroatoms. The van der Waals surface area contributed by atoms with Gasteiger partial charge in [-0.15, -0.1) is 0 Å². The van der Waals surface area contributed by atoms with Gasteiger partial charge in [-0.1, -0.05) is 30.3 Å². The van der Waals surface area contributed by atoms with E-state index in [9.17, 15) is 9.59 Å². The minimum Gasteiger partial charge on any atom is -0.436 e. The molecular weight excluding hydrogens is 536 g/mol. The molecule has 0 bridgehead atoms. The number of amides is 2. The maximum Gasteiger partial charge on any atom is 0.272 e. The van der Waals surface area contributed by atoms with Crippen molar-refractivity contribution >= 4 is 34.4 Å². The van der Waals surface area contributed by atoms with Crippen LogP contribution in [0.1, 0.15) is 41.9 Å². The standard InChI is InChI=1S/C30H34N8O4/c1-19(39)33-23-8-9-26-24(17-23)34-29(42-26)22-10-13-32-25(16-22)30(40)38-14-11-21(12-15-38)28(20-6-4-3-5-7-20)37-36-27(35-31)18-41-2/h3-10,13,16-17,21,28,37H,11-12,14-15,18,31H2,1-2H3,(H,33,39)(H,35,36). The smallest absolute Gasteiger partial charge is 0.272 e. The summed E-state index contributed by atoms with van der Waals surface area (Å²) in [6, 6.07) is 18.8. The highest BCUT2D eigenvalue weighted by atomic mass is 16.5. The van der Waals surface area contributed by atoms with Gasteiger partial charge in [-0.05, 0) is 54.7 Å². The van der Waals surface area contributed by atoms with E-state index in [1.165, 1.54) is 6.92 Å². The highest BCUT2D eigenvalue weighted by molar-refractivity contribution is 5.94. The molecule has 1 fully saturated rings. The number of carbonyl (C=O) groups is 2. The largest absolute Gasteiger partial charge is 0.436 e. The van der Waals surface area contributed by atoms with E-state index in [-0.39, 0.29) is 30.4 Å². The maximum absolute atomic E-state index is 13.5. The fourth-order valence-electron chi connectivity index (χ4n) is 5.15. The first-order valence-electron chi connectivity index (χ1n) is 13.7. The Morgan fingerprint density at radius 2 is 1.93 bits per heavy atom. The van der Waals surface area contributed by atoms with Gasteiger partial charge in [-0.25, -0.2) is 10.4 Å². The van der Waals surface area contributed by atoms with Gasteiger partial charge in [-0.2, -0.15) is 5.10 Å². The quantitative estimate of drug-likeness (QED) is 0.102. The molecule has 1 saturated heterocycles. The Balaban J connectivity index is 1.26. The second kappa shape index (κ2) is 13.2. The molecule has 0 radical (unpaired) electrons. The van der Waals surface area contributed by atoms with Gasteiger partial charge in [0.05, 0.1) is 6.04 Å². The molecule has 1 unspecified atom stereocenters. The lowest BCUT2D eigenvalue weighted by molar-refractivity contribution is -0.114. The number of oxazole rings is 1. The fraction of sp³-hybridized carbons (Fsp3) is 0.300. The van der Waals surface area contributed by atoms with E-state index in [0.717, 1.165) is 18.4 Å². The fourth-order valence-corrected chi connectivity index (χ4v) is 5.15. The van der Waals surface area contributed by atoms with Crippen molar-refractivity contribution < 1.29 is 18.7 Å². The lowest BCUT2D eigenvalue weighted by Crippen LogP contribution is -2.47. The zero-order chi connectivity index (χ0) is 29.5. The molecule has 0 aliphatic carbocycles. The number of methoxy groups -OCH3 is 1. The molecule has 3 heterocycles. The molecule has 1 atom stereocenters. The first-order chi connectivity index (χ1) is 20.4. The van der Waals surface area contributed by atoms with Gasteiger partial charge in [0.15, 0.2) is 11.4 Å². The molecule has 4 aromatic rings. The number of anilines is 1. The van der Waals surface area contributed by atoms with Gasteiger partial charge in [0.1, 0.15) is 17.8 Å². The number of aromatic nitrogens is 2. The second-order valence-electron chi connectivity index (χ2n) is 10.1. The molecular formula is C30H34N8O4. The van der Waals surface area contributed by atoms with Crippen molar-refractivity contribution in [2.45, 2.75) is 25.8 Å². The number of likely N-dealkylation sites (tertiary alicyclic amines) is 1. The monoisotopic (exact) mass is 570 g/mol. The molecule has 0 saturated carbocycles. The van der Waals surface area contributed by atoms with Crippen molar-refractivity contribution in [3.63, 3.8) is 0 Å². The molecule has 2 aromatic carbocycles. The number of nitrogens with two attached hydrogens (primary N) is 1. The molecule has 42 heavy (non-hydrogen) atoms. The summed E-state index contributed by atoms with van der Waals surface area (Å²) in [4.78, 5) is 35.6. The summed E-state index contributed by atoms with van der Waals surface area (Å²) >= 11 is 0. The van der Waals surface area contributed by atoms with Crippen molar-refractivity contribution in [2.24, 2.45) is 16.9 Å². The molecule has 218 valence electrons. The van der Waals surface area contributed by atoms with Crippen LogP contribution in [0.4, 0.5) is 5.69 Å². The lowest BCUT2D eigenvalue weighted by atomic mass is 9.85. The number of ether oxygens (including phenoxy) is 1. The van der Waals surface area contributed by atoms with Gasteiger partial charge in [0.2, 0.25) is 11.8 Å². The summed E-state index contributed by atoms with van der Waals surface area (Å²) in [5.74, 6) is 6.30. The van der Waals surface area contributed by atoms with E-state index < -0.39 is 0 Å². The molecule has 2 aromatic heterocycles. The van der Waals surface area contributed by atoms with Crippen molar-refractivity contribution in [1.82, 2.24) is 25.7 Å². The Labute approximate surface area is 243 Å². The Morgan fingerprint density at radius 3 is 2.64 bits per heavy atom. The number of nitrogens with one attached hydrogen (secondary N) is 3. The number of hydrogen-bond acceptors (Lipinski definition) is 9.